The van der Waals surface area contributed by atoms with Crippen molar-refractivity contribution in [1.29, 1.82) is 0 Å². The number of ether oxygens (including phenoxy) is 2. The maximum atomic E-state index is 13.0. The average Bonchev–Trinajstić information content (AvgIpc) is 3.28. The maximum Gasteiger partial charge on any atom is 0.252 e. The van der Waals surface area contributed by atoms with Crippen LogP contribution in [-0.4, -0.2) is 31.6 Å². The van der Waals surface area contributed by atoms with Gasteiger partial charge in [-0.1, -0.05) is 30.3 Å². The second-order valence-electron chi connectivity index (χ2n) is 7.06. The highest BCUT2D eigenvalue weighted by atomic mass is 32.1. The van der Waals surface area contributed by atoms with Gasteiger partial charge in [0.25, 0.3) is 5.91 Å². The number of rotatable bonds is 8. The van der Waals surface area contributed by atoms with E-state index < -0.39 is 11.9 Å². The molecule has 0 fully saturated rings. The molecule has 0 aliphatic heterocycles. The molecule has 4 aromatic rings. The summed E-state index contributed by atoms with van der Waals surface area (Å²) in [6, 6.07) is 23.0. The van der Waals surface area contributed by atoms with Crippen molar-refractivity contribution in [2.24, 2.45) is 0 Å². The third kappa shape index (κ3) is 5.14. The third-order valence-corrected chi connectivity index (χ3v) is 5.68. The molecule has 1 aromatic heterocycles. The van der Waals surface area contributed by atoms with Gasteiger partial charge >= 0.3 is 0 Å². The molecular weight excluding hydrogens is 424 g/mol. The minimum atomic E-state index is -0.879. The molecule has 0 aliphatic carbocycles. The van der Waals surface area contributed by atoms with Crippen LogP contribution < -0.4 is 15.4 Å². The number of amides is 2. The summed E-state index contributed by atoms with van der Waals surface area (Å²) in [5.41, 5.74) is 0.981. The van der Waals surface area contributed by atoms with Crippen molar-refractivity contribution in [2.45, 2.75) is 6.04 Å². The van der Waals surface area contributed by atoms with E-state index in [2.05, 4.69) is 10.6 Å². The molecule has 0 saturated carbocycles. The zero-order valence-corrected chi connectivity index (χ0v) is 18.2. The highest BCUT2D eigenvalue weighted by molar-refractivity contribution is 7.17. The number of carbonyl (C=O) groups excluding carboxylic acids is 2. The average molecular weight is 447 g/mol. The molecule has 0 bridgehead atoms. The van der Waals surface area contributed by atoms with Crippen LogP contribution >= 0.6 is 11.3 Å². The van der Waals surface area contributed by atoms with E-state index in [1.807, 2.05) is 60.0 Å². The minimum Gasteiger partial charge on any atom is -0.455 e. The predicted octanol–water partition coefficient (Wildman–Crippen LogP) is 5.08. The Morgan fingerprint density at radius 2 is 1.75 bits per heavy atom. The Labute approximate surface area is 189 Å². The monoisotopic (exact) mass is 446 g/mol. The third-order valence-electron chi connectivity index (χ3n) is 4.79. The van der Waals surface area contributed by atoms with Crippen LogP contribution in [0.1, 0.15) is 10.4 Å². The smallest absolute Gasteiger partial charge is 0.252 e. The number of fused-ring (bicyclic) bond motifs is 1. The summed E-state index contributed by atoms with van der Waals surface area (Å²) < 4.78 is 12.2. The fraction of sp³-hybridized carbons (Fsp3) is 0.120. The lowest BCUT2D eigenvalue weighted by Crippen LogP contribution is -2.46. The van der Waals surface area contributed by atoms with Gasteiger partial charge in [-0.15, -0.1) is 11.3 Å². The highest BCUT2D eigenvalue weighted by Crippen LogP contribution is 2.29. The molecule has 0 radical (unpaired) electrons. The standard InChI is InChI=1S/C25H22N2O4S/c1-30-16-21(27-24(28)18-11-12-23-17(15-18)13-14-32-23)25(29)26-20-9-5-6-10-22(20)31-19-7-3-2-4-8-19/h2-15,21H,16H2,1H3,(H,26,29)(H,27,28)/t21-/m0/s1. The van der Waals surface area contributed by atoms with Gasteiger partial charge in [0.1, 0.15) is 11.8 Å². The van der Waals surface area contributed by atoms with Crippen LogP contribution in [0.15, 0.2) is 84.2 Å². The lowest BCUT2D eigenvalue weighted by Gasteiger charge is -2.19. The Morgan fingerprint density at radius 3 is 2.56 bits per heavy atom. The molecule has 7 heteroatoms. The molecule has 0 unspecified atom stereocenters. The van der Waals surface area contributed by atoms with Gasteiger partial charge < -0.3 is 20.1 Å². The molecule has 32 heavy (non-hydrogen) atoms. The second kappa shape index (κ2) is 10.1. The van der Waals surface area contributed by atoms with Gasteiger partial charge in [-0.05, 0) is 59.3 Å². The summed E-state index contributed by atoms with van der Waals surface area (Å²) in [5, 5.41) is 8.57. The van der Waals surface area contributed by atoms with Crippen molar-refractivity contribution in [3.63, 3.8) is 0 Å². The van der Waals surface area contributed by atoms with Gasteiger partial charge in [0.15, 0.2) is 5.75 Å². The van der Waals surface area contributed by atoms with E-state index in [9.17, 15) is 9.59 Å². The lowest BCUT2D eigenvalue weighted by molar-refractivity contribution is -0.119. The first kappa shape index (κ1) is 21.5. The zero-order valence-electron chi connectivity index (χ0n) is 17.4. The Hall–Kier alpha value is -3.68. The fourth-order valence-corrected chi connectivity index (χ4v) is 3.96. The molecule has 2 amide bonds. The first-order valence-corrected chi connectivity index (χ1v) is 10.9. The van der Waals surface area contributed by atoms with Crippen molar-refractivity contribution in [2.75, 3.05) is 19.0 Å². The highest BCUT2D eigenvalue weighted by Gasteiger charge is 2.23. The summed E-state index contributed by atoms with van der Waals surface area (Å²) in [6.45, 7) is 0.0278. The first-order valence-electron chi connectivity index (χ1n) is 10.0. The molecule has 6 nitrogen and oxygen atoms in total. The first-order chi connectivity index (χ1) is 15.6. The van der Waals surface area contributed by atoms with Gasteiger partial charge in [-0.3, -0.25) is 9.59 Å². The predicted molar refractivity (Wildman–Crippen MR) is 127 cm³/mol. The zero-order chi connectivity index (χ0) is 22.3. The van der Waals surface area contributed by atoms with E-state index >= 15 is 0 Å². The van der Waals surface area contributed by atoms with E-state index in [4.69, 9.17) is 9.47 Å². The lowest BCUT2D eigenvalue weighted by atomic mass is 10.1. The minimum absolute atomic E-state index is 0.0278. The van der Waals surface area contributed by atoms with E-state index in [0.29, 0.717) is 22.7 Å². The molecule has 1 heterocycles. The molecule has 4 rings (SSSR count). The number of nitrogens with one attached hydrogen (secondary N) is 2. The van der Waals surface area contributed by atoms with Gasteiger partial charge in [0, 0.05) is 17.4 Å². The Morgan fingerprint density at radius 1 is 0.969 bits per heavy atom. The van der Waals surface area contributed by atoms with Crippen molar-refractivity contribution in [3.8, 4) is 11.5 Å². The molecule has 2 N–H and O–H groups in total. The molecule has 0 spiro atoms. The van der Waals surface area contributed by atoms with Crippen LogP contribution in [0.25, 0.3) is 10.1 Å². The van der Waals surface area contributed by atoms with Gasteiger partial charge in [-0.2, -0.15) is 0 Å². The summed E-state index contributed by atoms with van der Waals surface area (Å²) in [7, 11) is 1.48. The summed E-state index contributed by atoms with van der Waals surface area (Å²) in [4.78, 5) is 25.8. The topological polar surface area (TPSA) is 76.7 Å². The largest absolute Gasteiger partial charge is 0.455 e. The van der Waals surface area contributed by atoms with E-state index in [-0.39, 0.29) is 12.5 Å². The van der Waals surface area contributed by atoms with Crippen molar-refractivity contribution in [1.82, 2.24) is 5.32 Å². The van der Waals surface area contributed by atoms with Gasteiger partial charge in [0.05, 0.1) is 12.3 Å². The summed E-state index contributed by atoms with van der Waals surface area (Å²) in [5.74, 6) is 0.405. The van der Waals surface area contributed by atoms with Crippen LogP contribution in [-0.2, 0) is 9.53 Å². The Kier molecular flexibility index (Phi) is 6.79. The number of anilines is 1. The normalized spacial score (nSPS) is 11.7. The van der Waals surface area contributed by atoms with Crippen LogP contribution in [0, 0.1) is 0 Å². The Balaban J connectivity index is 1.48. The number of para-hydroxylation sites is 3. The van der Waals surface area contributed by atoms with Crippen LogP contribution in [0.4, 0.5) is 5.69 Å². The van der Waals surface area contributed by atoms with E-state index in [1.165, 1.54) is 7.11 Å². The number of thiophene rings is 1. The molecule has 0 saturated heterocycles. The van der Waals surface area contributed by atoms with Crippen molar-refractivity contribution in [3.05, 3.63) is 89.8 Å². The van der Waals surface area contributed by atoms with Crippen LogP contribution in [0.2, 0.25) is 0 Å². The van der Waals surface area contributed by atoms with E-state index in [1.54, 1.807) is 35.6 Å². The maximum absolute atomic E-state index is 13.0. The number of methoxy groups -OCH3 is 1. The fourth-order valence-electron chi connectivity index (χ4n) is 3.19. The summed E-state index contributed by atoms with van der Waals surface area (Å²) in [6.07, 6.45) is 0. The molecule has 162 valence electrons. The van der Waals surface area contributed by atoms with Crippen LogP contribution in [0.5, 0.6) is 11.5 Å². The molecular formula is C25H22N2O4S. The number of benzene rings is 3. The number of hydrogen-bond donors (Lipinski definition) is 2. The van der Waals surface area contributed by atoms with Crippen molar-refractivity contribution >= 4 is 38.9 Å². The van der Waals surface area contributed by atoms with E-state index in [0.717, 1.165) is 10.1 Å². The van der Waals surface area contributed by atoms with Gasteiger partial charge in [0.2, 0.25) is 5.91 Å². The number of hydrogen-bond acceptors (Lipinski definition) is 5. The number of carbonyl (C=O) groups is 2. The molecule has 3 aromatic carbocycles. The SMILES string of the molecule is COC[C@H](NC(=O)c1ccc2sccc2c1)C(=O)Nc1ccccc1Oc1ccccc1. The molecule has 1 atom stereocenters. The molecule has 0 aliphatic rings. The van der Waals surface area contributed by atoms with Gasteiger partial charge in [-0.25, -0.2) is 0 Å². The van der Waals surface area contributed by atoms with Crippen LogP contribution in [0.3, 0.4) is 0 Å². The second-order valence-corrected chi connectivity index (χ2v) is 8.00. The quantitative estimate of drug-likeness (QED) is 0.396. The van der Waals surface area contributed by atoms with Crippen molar-refractivity contribution < 1.29 is 19.1 Å². The Bertz CT molecular complexity index is 1220. The summed E-state index contributed by atoms with van der Waals surface area (Å²) >= 11 is 1.61.